The van der Waals surface area contributed by atoms with E-state index in [0.29, 0.717) is 6.54 Å². The van der Waals surface area contributed by atoms with Gasteiger partial charge in [-0.3, -0.25) is 0 Å². The summed E-state index contributed by atoms with van der Waals surface area (Å²) in [7, 11) is 3.68. The van der Waals surface area contributed by atoms with E-state index in [1.54, 1.807) is 21.3 Å². The Labute approximate surface area is 117 Å². The molecular formula is C10H22INO5S. The van der Waals surface area contributed by atoms with Crippen LogP contribution in [0.15, 0.2) is 12.7 Å². The Balaban J connectivity index is 3.99. The van der Waals surface area contributed by atoms with Crippen molar-refractivity contribution in [2.75, 3.05) is 39.9 Å². The number of hydrogen-bond acceptors (Lipinski definition) is 6. The molecule has 0 aromatic carbocycles. The van der Waals surface area contributed by atoms with Gasteiger partial charge in [0.05, 0.1) is 0 Å². The maximum atomic E-state index is 10.8. The molecule has 1 N–H and O–H groups in total. The predicted octanol–water partition coefficient (Wildman–Crippen LogP) is 2.15. The number of rotatable bonds is 10. The van der Waals surface area contributed by atoms with Crippen LogP contribution in [0.2, 0.25) is 0 Å². The Bertz CT molecular complexity index is 265. The second kappa shape index (κ2) is 9.98. The minimum atomic E-state index is -1.97. The Morgan fingerprint density at radius 1 is 1.39 bits per heavy atom. The fourth-order valence-corrected chi connectivity index (χ4v) is 10.5. The third-order valence-electron chi connectivity index (χ3n) is 1.99. The first-order valence-corrected chi connectivity index (χ1v) is 11.7. The van der Waals surface area contributed by atoms with Gasteiger partial charge in [0.15, 0.2) is 0 Å². The molecule has 0 aromatic rings. The van der Waals surface area contributed by atoms with Crippen LogP contribution in [0.3, 0.4) is 0 Å². The number of nitrogens with one attached hydrogen (secondary N) is 1. The van der Waals surface area contributed by atoms with Gasteiger partial charge in [0.25, 0.3) is 0 Å². The van der Waals surface area contributed by atoms with Crippen LogP contribution in [0.4, 0.5) is 0 Å². The van der Waals surface area contributed by atoms with Gasteiger partial charge in [-0.15, -0.1) is 0 Å². The topological polar surface area (TPSA) is 66.0 Å². The zero-order valence-electron chi connectivity index (χ0n) is 11.2. The van der Waals surface area contributed by atoms with Crippen LogP contribution in [-0.2, 0) is 19.9 Å². The van der Waals surface area contributed by atoms with Gasteiger partial charge in [-0.2, -0.15) is 0 Å². The van der Waals surface area contributed by atoms with Crippen LogP contribution in [0.1, 0.15) is 6.42 Å². The summed E-state index contributed by atoms with van der Waals surface area (Å²) in [5.74, 6) is 0.355. The van der Waals surface area contributed by atoms with E-state index in [2.05, 4.69) is 23.2 Å². The second-order valence-corrected chi connectivity index (χ2v) is 15.8. The van der Waals surface area contributed by atoms with Gasteiger partial charge in [-0.1, -0.05) is 0 Å². The first-order valence-electron chi connectivity index (χ1n) is 5.21. The fourth-order valence-electron chi connectivity index (χ4n) is 1.09. The van der Waals surface area contributed by atoms with Crippen molar-refractivity contribution < 1.29 is 19.9 Å². The molecule has 0 aromatic heterocycles. The summed E-state index contributed by atoms with van der Waals surface area (Å²) in [5.41, 5.74) is 2.58. The van der Waals surface area contributed by atoms with Crippen LogP contribution in [0, 0.1) is 0 Å². The van der Waals surface area contributed by atoms with Crippen molar-refractivity contribution in [3.8, 4) is 0 Å². The van der Waals surface area contributed by atoms with Crippen molar-refractivity contribution in [1.82, 2.24) is 5.48 Å². The van der Waals surface area contributed by atoms with E-state index in [0.717, 1.165) is 18.2 Å². The van der Waals surface area contributed by atoms with E-state index < -0.39 is 32.7 Å². The molecule has 0 saturated heterocycles. The molecule has 110 valence electrons. The number of hydroxylamine groups is 1. The van der Waals surface area contributed by atoms with Gasteiger partial charge in [-0.05, 0) is 0 Å². The molecule has 0 rings (SSSR count). The standard InChI is InChI=1S/C10H22INO5S/c1-6-10(13)17-12-8-7-9-18(5,16-4)11(14-2)15-3/h6,12H,1,7-9H2,2-5H3. The number of hydrogen-bond donors (Lipinski definition) is 1. The van der Waals surface area contributed by atoms with Gasteiger partial charge in [0, 0.05) is 0 Å². The summed E-state index contributed by atoms with van der Waals surface area (Å²) < 4.78 is 16.4. The molecule has 0 saturated carbocycles. The molecule has 18 heavy (non-hydrogen) atoms. The molecule has 0 heterocycles. The van der Waals surface area contributed by atoms with Gasteiger partial charge in [0.2, 0.25) is 0 Å². The zero-order chi connectivity index (χ0) is 14.0. The van der Waals surface area contributed by atoms with Crippen molar-refractivity contribution in [3.05, 3.63) is 12.7 Å². The van der Waals surface area contributed by atoms with Crippen LogP contribution >= 0.6 is 26.7 Å². The molecule has 0 amide bonds. The van der Waals surface area contributed by atoms with Crippen molar-refractivity contribution in [2.24, 2.45) is 0 Å². The summed E-state index contributed by atoms with van der Waals surface area (Å²) in [6.45, 7) is 3.86. The normalized spacial score (nSPS) is 16.6. The third kappa shape index (κ3) is 6.34. The molecule has 6 nitrogen and oxygen atoms in total. The van der Waals surface area contributed by atoms with E-state index in [4.69, 9.17) is 10.3 Å². The van der Waals surface area contributed by atoms with E-state index in [1.807, 2.05) is 0 Å². The predicted molar refractivity (Wildman–Crippen MR) is 82.3 cm³/mol. The maximum absolute atomic E-state index is 10.8. The Kier molecular flexibility index (Phi) is 10.1. The third-order valence-corrected chi connectivity index (χ3v) is 14.3. The van der Waals surface area contributed by atoms with Gasteiger partial charge in [0.1, 0.15) is 0 Å². The second-order valence-electron chi connectivity index (χ2n) is 3.14. The van der Waals surface area contributed by atoms with E-state index in [9.17, 15) is 4.79 Å². The first-order chi connectivity index (χ1) is 8.53. The summed E-state index contributed by atoms with van der Waals surface area (Å²) in [5, 5.41) is 0. The molecule has 0 bridgehead atoms. The molecular weight excluding hydrogens is 373 g/mol. The SMILES string of the molecule is C=CC(=O)ONCCCS(C)(OC)I(OC)OC. The Morgan fingerprint density at radius 3 is 2.44 bits per heavy atom. The number of carbonyl (C=O) groups is 1. The van der Waals surface area contributed by atoms with Gasteiger partial charge in [-0.25, -0.2) is 0 Å². The molecule has 0 aliphatic heterocycles. The number of halogens is 1. The molecule has 0 aliphatic carbocycles. The number of carbonyl (C=O) groups excluding carboxylic acids is 1. The molecule has 0 radical (unpaired) electrons. The van der Waals surface area contributed by atoms with Crippen molar-refractivity contribution in [2.45, 2.75) is 6.42 Å². The quantitative estimate of drug-likeness (QED) is 0.265. The average Bonchev–Trinajstić information content (AvgIpc) is 2.39. The molecule has 0 aliphatic rings. The summed E-state index contributed by atoms with van der Waals surface area (Å²) >= 11 is -1.97. The molecule has 1 unspecified atom stereocenters. The summed E-state index contributed by atoms with van der Waals surface area (Å²) in [4.78, 5) is 15.4. The van der Waals surface area contributed by atoms with E-state index >= 15 is 0 Å². The van der Waals surface area contributed by atoms with Crippen LogP contribution in [0.25, 0.3) is 0 Å². The first kappa shape index (κ1) is 18.1. The van der Waals surface area contributed by atoms with Gasteiger partial charge < -0.3 is 0 Å². The molecule has 8 heteroatoms. The summed E-state index contributed by atoms with van der Waals surface area (Å²) in [6, 6.07) is 0. The molecule has 1 atom stereocenters. The Morgan fingerprint density at radius 2 is 2.00 bits per heavy atom. The monoisotopic (exact) mass is 395 g/mol. The molecule has 0 fully saturated rings. The van der Waals surface area contributed by atoms with E-state index in [-0.39, 0.29) is 0 Å². The van der Waals surface area contributed by atoms with Crippen LogP contribution < -0.4 is 5.48 Å². The van der Waals surface area contributed by atoms with Crippen molar-refractivity contribution in [3.63, 3.8) is 0 Å². The average molecular weight is 395 g/mol. The van der Waals surface area contributed by atoms with Gasteiger partial charge >= 0.3 is 117 Å². The van der Waals surface area contributed by atoms with Crippen molar-refractivity contribution >= 4 is 32.7 Å². The zero-order valence-corrected chi connectivity index (χ0v) is 14.2. The molecule has 0 spiro atoms. The minimum absolute atomic E-state index is 0.487. The Hall–Kier alpha value is 0.130. The van der Waals surface area contributed by atoms with E-state index in [1.165, 1.54) is 0 Å². The van der Waals surface area contributed by atoms with Crippen LogP contribution in [0.5, 0.6) is 0 Å². The fraction of sp³-hybridized carbons (Fsp3) is 0.700. The van der Waals surface area contributed by atoms with Crippen molar-refractivity contribution in [1.29, 1.82) is 0 Å². The van der Waals surface area contributed by atoms with Crippen LogP contribution in [-0.4, -0.2) is 45.9 Å². The summed E-state index contributed by atoms with van der Waals surface area (Å²) in [6.07, 6.45) is 3.97.